The van der Waals surface area contributed by atoms with Crippen LogP contribution in [0, 0.1) is 0 Å². The van der Waals surface area contributed by atoms with Gasteiger partial charge in [-0.25, -0.2) is 0 Å². The number of allylic oxidation sites excluding steroid dienone is 2. The second-order valence-electron chi connectivity index (χ2n) is 1.82. The van der Waals surface area contributed by atoms with Crippen LogP contribution in [0.1, 0.15) is 13.8 Å². The SMILES string of the molecule is C/C(=C/[C@@H](C)Br)CCl. The van der Waals surface area contributed by atoms with E-state index in [0.29, 0.717) is 10.7 Å². The van der Waals surface area contributed by atoms with Gasteiger partial charge in [-0.1, -0.05) is 27.6 Å². The highest BCUT2D eigenvalue weighted by atomic mass is 79.9. The van der Waals surface area contributed by atoms with Crippen molar-refractivity contribution in [3.63, 3.8) is 0 Å². The van der Waals surface area contributed by atoms with E-state index < -0.39 is 0 Å². The third-order valence-electron chi connectivity index (χ3n) is 0.725. The zero-order valence-corrected chi connectivity index (χ0v) is 7.46. The van der Waals surface area contributed by atoms with Crippen molar-refractivity contribution < 1.29 is 0 Å². The minimum Gasteiger partial charge on any atom is -0.122 e. The molecule has 0 saturated heterocycles. The Bertz CT molecular complexity index is 86.5. The Balaban J connectivity index is 3.56. The third kappa shape index (κ3) is 4.66. The predicted octanol–water partition coefficient (Wildman–Crippen LogP) is 2.95. The van der Waals surface area contributed by atoms with Gasteiger partial charge in [0.2, 0.25) is 0 Å². The Morgan fingerprint density at radius 2 is 2.38 bits per heavy atom. The van der Waals surface area contributed by atoms with E-state index in [2.05, 4.69) is 28.9 Å². The number of hydrogen-bond acceptors (Lipinski definition) is 0. The molecule has 48 valence electrons. The molecule has 0 aromatic rings. The minimum atomic E-state index is 0.446. The van der Waals surface area contributed by atoms with Crippen LogP contribution in [0.2, 0.25) is 0 Å². The molecule has 0 fully saturated rings. The zero-order chi connectivity index (χ0) is 6.57. The predicted molar refractivity (Wildman–Crippen MR) is 42.9 cm³/mol. The first kappa shape index (κ1) is 8.51. The van der Waals surface area contributed by atoms with Gasteiger partial charge in [0.25, 0.3) is 0 Å². The Morgan fingerprint density at radius 1 is 1.88 bits per heavy atom. The van der Waals surface area contributed by atoms with Gasteiger partial charge in [-0.15, -0.1) is 11.6 Å². The molecule has 0 spiro atoms. The second kappa shape index (κ2) is 4.39. The van der Waals surface area contributed by atoms with Crippen molar-refractivity contribution in [2.45, 2.75) is 18.7 Å². The normalized spacial score (nSPS) is 16.2. The van der Waals surface area contributed by atoms with Crippen molar-refractivity contribution in [3.8, 4) is 0 Å². The average molecular weight is 198 g/mol. The Morgan fingerprint density at radius 3 is 2.50 bits per heavy atom. The van der Waals surface area contributed by atoms with Crippen molar-refractivity contribution in [2.75, 3.05) is 5.88 Å². The van der Waals surface area contributed by atoms with E-state index in [1.165, 1.54) is 5.57 Å². The van der Waals surface area contributed by atoms with E-state index in [4.69, 9.17) is 11.6 Å². The highest BCUT2D eigenvalue weighted by molar-refractivity contribution is 9.09. The highest BCUT2D eigenvalue weighted by Crippen LogP contribution is 2.04. The zero-order valence-electron chi connectivity index (χ0n) is 5.12. The van der Waals surface area contributed by atoms with Gasteiger partial charge in [-0.3, -0.25) is 0 Å². The largest absolute Gasteiger partial charge is 0.122 e. The molecule has 0 aromatic heterocycles. The molecule has 0 amide bonds. The van der Waals surface area contributed by atoms with Gasteiger partial charge in [0.15, 0.2) is 0 Å². The van der Waals surface area contributed by atoms with Crippen molar-refractivity contribution in [2.24, 2.45) is 0 Å². The van der Waals surface area contributed by atoms with Crippen LogP contribution >= 0.6 is 27.5 Å². The molecular formula is C6H10BrCl. The standard InChI is InChI=1S/C6H10BrCl/c1-5(4-8)3-6(2)7/h3,6H,4H2,1-2H3/b5-3-/t6-/m1/s1. The molecule has 0 aromatic carbocycles. The summed E-state index contributed by atoms with van der Waals surface area (Å²) in [4.78, 5) is 0.446. The van der Waals surface area contributed by atoms with Gasteiger partial charge < -0.3 is 0 Å². The molecule has 2 heteroatoms. The number of halogens is 2. The first-order chi connectivity index (χ1) is 3.66. The lowest BCUT2D eigenvalue weighted by molar-refractivity contribution is 1.22. The molecule has 0 unspecified atom stereocenters. The van der Waals surface area contributed by atoms with Crippen molar-refractivity contribution in [1.29, 1.82) is 0 Å². The highest BCUT2D eigenvalue weighted by Gasteiger charge is 1.89. The van der Waals surface area contributed by atoms with Gasteiger partial charge in [-0.2, -0.15) is 0 Å². The molecule has 0 aliphatic rings. The topological polar surface area (TPSA) is 0 Å². The smallest absolute Gasteiger partial charge is 0.0431 e. The van der Waals surface area contributed by atoms with E-state index in [1.807, 2.05) is 6.92 Å². The molecule has 8 heavy (non-hydrogen) atoms. The Hall–Kier alpha value is 0.510. The van der Waals surface area contributed by atoms with Gasteiger partial charge in [0.05, 0.1) is 0 Å². The molecule has 0 heterocycles. The molecule has 0 radical (unpaired) electrons. The summed E-state index contributed by atoms with van der Waals surface area (Å²) < 4.78 is 0. The summed E-state index contributed by atoms with van der Waals surface area (Å²) in [5, 5.41) is 0. The third-order valence-corrected chi connectivity index (χ3v) is 1.41. The molecular weight excluding hydrogens is 187 g/mol. The molecule has 0 saturated carbocycles. The van der Waals surface area contributed by atoms with E-state index in [9.17, 15) is 0 Å². The number of rotatable bonds is 2. The lowest BCUT2D eigenvalue weighted by Crippen LogP contribution is -1.85. The van der Waals surface area contributed by atoms with Crippen LogP contribution < -0.4 is 0 Å². The van der Waals surface area contributed by atoms with Crippen LogP contribution in [0.4, 0.5) is 0 Å². The maximum atomic E-state index is 5.51. The summed E-state index contributed by atoms with van der Waals surface area (Å²) in [5.74, 6) is 0.635. The van der Waals surface area contributed by atoms with Gasteiger partial charge >= 0.3 is 0 Å². The lowest BCUT2D eigenvalue weighted by Gasteiger charge is -1.94. The monoisotopic (exact) mass is 196 g/mol. The number of hydrogen-bond donors (Lipinski definition) is 0. The van der Waals surface area contributed by atoms with E-state index in [0.717, 1.165) is 0 Å². The first-order valence-corrected chi connectivity index (χ1v) is 3.99. The minimum absolute atomic E-state index is 0.446. The van der Waals surface area contributed by atoms with E-state index in [-0.39, 0.29) is 0 Å². The van der Waals surface area contributed by atoms with Crippen LogP contribution in [-0.2, 0) is 0 Å². The lowest BCUT2D eigenvalue weighted by atomic mass is 10.3. The van der Waals surface area contributed by atoms with Crippen molar-refractivity contribution >= 4 is 27.5 Å². The van der Waals surface area contributed by atoms with Crippen LogP contribution in [0.5, 0.6) is 0 Å². The quantitative estimate of drug-likeness (QED) is 0.472. The number of alkyl halides is 2. The van der Waals surface area contributed by atoms with Gasteiger partial charge in [0.1, 0.15) is 0 Å². The fourth-order valence-electron chi connectivity index (χ4n) is 0.437. The summed E-state index contributed by atoms with van der Waals surface area (Å²) in [6.45, 7) is 4.08. The average Bonchev–Trinajstić information content (AvgIpc) is 1.65. The van der Waals surface area contributed by atoms with Crippen LogP contribution in [-0.4, -0.2) is 10.7 Å². The maximum Gasteiger partial charge on any atom is 0.0431 e. The molecule has 0 aliphatic carbocycles. The second-order valence-corrected chi connectivity index (χ2v) is 3.54. The summed E-state index contributed by atoms with van der Waals surface area (Å²) in [6.07, 6.45) is 2.09. The van der Waals surface area contributed by atoms with E-state index >= 15 is 0 Å². The summed E-state index contributed by atoms with van der Waals surface area (Å²) >= 11 is 8.89. The molecule has 1 atom stereocenters. The van der Waals surface area contributed by atoms with Gasteiger partial charge in [-0.05, 0) is 13.8 Å². The van der Waals surface area contributed by atoms with Crippen LogP contribution in [0.3, 0.4) is 0 Å². The molecule has 0 rings (SSSR count). The summed E-state index contributed by atoms with van der Waals surface area (Å²) in [7, 11) is 0. The first-order valence-electron chi connectivity index (χ1n) is 2.54. The molecule has 0 nitrogen and oxygen atoms in total. The Kier molecular flexibility index (Phi) is 4.68. The summed E-state index contributed by atoms with van der Waals surface area (Å²) in [6, 6.07) is 0. The fourth-order valence-corrected chi connectivity index (χ4v) is 0.977. The molecule has 0 aliphatic heterocycles. The maximum absolute atomic E-state index is 5.51. The molecule has 0 bridgehead atoms. The Labute approximate surface area is 64.0 Å². The van der Waals surface area contributed by atoms with Crippen molar-refractivity contribution in [3.05, 3.63) is 11.6 Å². The summed E-state index contributed by atoms with van der Waals surface area (Å²) in [5.41, 5.74) is 1.22. The fraction of sp³-hybridized carbons (Fsp3) is 0.667. The van der Waals surface area contributed by atoms with Crippen molar-refractivity contribution in [1.82, 2.24) is 0 Å². The van der Waals surface area contributed by atoms with Gasteiger partial charge in [0, 0.05) is 10.7 Å². The van der Waals surface area contributed by atoms with Crippen LogP contribution in [0.25, 0.3) is 0 Å². The van der Waals surface area contributed by atoms with Crippen LogP contribution in [0.15, 0.2) is 11.6 Å². The van der Waals surface area contributed by atoms with E-state index in [1.54, 1.807) is 0 Å². The molecule has 0 N–H and O–H groups in total.